The van der Waals surface area contributed by atoms with Gasteiger partial charge in [-0.25, -0.2) is 4.98 Å². The van der Waals surface area contributed by atoms with Gasteiger partial charge < -0.3 is 10.7 Å². The maximum Gasteiger partial charge on any atom is 0.171 e. The molecule has 1 aromatic carbocycles. The van der Waals surface area contributed by atoms with Gasteiger partial charge in [0.05, 0.1) is 23.6 Å². The number of aromatic nitrogens is 2. The number of fused-ring (bicyclic) bond motifs is 1. The van der Waals surface area contributed by atoms with Crippen LogP contribution < -0.4 is 5.73 Å². The number of carbonyl (C=O) groups is 1. The molecule has 0 amide bonds. The lowest BCUT2D eigenvalue weighted by molar-refractivity contribution is -0.118. The third kappa shape index (κ3) is 1.66. The van der Waals surface area contributed by atoms with E-state index < -0.39 is 5.92 Å². The minimum absolute atomic E-state index is 0.157. The summed E-state index contributed by atoms with van der Waals surface area (Å²) >= 11 is 0. The van der Waals surface area contributed by atoms with Crippen molar-refractivity contribution in [1.29, 1.82) is 5.26 Å². The summed E-state index contributed by atoms with van der Waals surface area (Å²) in [4.78, 5) is 18.6. The summed E-state index contributed by atoms with van der Waals surface area (Å²) in [5, 5.41) is 8.92. The van der Waals surface area contributed by atoms with Crippen molar-refractivity contribution in [1.82, 2.24) is 9.97 Å². The molecule has 16 heavy (non-hydrogen) atoms. The number of nitrogens with one attached hydrogen (secondary N) is 1. The van der Waals surface area contributed by atoms with Crippen LogP contribution in [0.5, 0.6) is 0 Å². The highest BCUT2D eigenvalue weighted by atomic mass is 16.1. The van der Waals surface area contributed by atoms with Crippen molar-refractivity contribution in [2.24, 2.45) is 5.73 Å². The standard InChI is InChI=1S/C11H10N4O/c12-5-7(10(16)6-13)11-14-8-3-1-2-4-9(8)15-11/h1-4,7H,6,13H2,(H,14,15). The minimum atomic E-state index is -0.905. The van der Waals surface area contributed by atoms with E-state index >= 15 is 0 Å². The molecule has 3 N–H and O–H groups in total. The zero-order valence-corrected chi connectivity index (χ0v) is 8.47. The van der Waals surface area contributed by atoms with Crippen molar-refractivity contribution >= 4 is 16.8 Å². The predicted octanol–water partition coefficient (Wildman–Crippen LogP) is 0.698. The van der Waals surface area contributed by atoms with Crippen molar-refractivity contribution in [3.8, 4) is 6.07 Å². The molecule has 1 heterocycles. The zero-order chi connectivity index (χ0) is 11.5. The summed E-state index contributed by atoms with van der Waals surface area (Å²) in [5.41, 5.74) is 6.78. The Morgan fingerprint density at radius 1 is 1.56 bits per heavy atom. The smallest absolute Gasteiger partial charge is 0.171 e. The molecule has 0 aliphatic heterocycles. The first-order valence-electron chi connectivity index (χ1n) is 4.83. The summed E-state index contributed by atoms with van der Waals surface area (Å²) in [5.74, 6) is -0.877. The SMILES string of the molecule is N#CC(C(=O)CN)c1nc2ccccc2[nH]1. The van der Waals surface area contributed by atoms with Gasteiger partial charge in [0.1, 0.15) is 5.82 Å². The maximum absolute atomic E-state index is 11.4. The molecular formula is C11H10N4O. The molecule has 0 aliphatic carbocycles. The molecule has 0 saturated heterocycles. The highest BCUT2D eigenvalue weighted by Crippen LogP contribution is 2.17. The van der Waals surface area contributed by atoms with E-state index in [1.165, 1.54) is 0 Å². The second-order valence-corrected chi connectivity index (χ2v) is 3.37. The van der Waals surface area contributed by atoms with Crippen molar-refractivity contribution in [2.75, 3.05) is 6.54 Å². The number of carbonyl (C=O) groups excluding carboxylic acids is 1. The van der Waals surface area contributed by atoms with Gasteiger partial charge in [-0.3, -0.25) is 4.79 Å². The fraction of sp³-hybridized carbons (Fsp3) is 0.182. The van der Waals surface area contributed by atoms with Gasteiger partial charge in [-0.1, -0.05) is 12.1 Å². The Morgan fingerprint density at radius 3 is 2.94 bits per heavy atom. The Balaban J connectivity index is 2.47. The van der Waals surface area contributed by atoms with Crippen LogP contribution in [0.15, 0.2) is 24.3 Å². The molecule has 0 radical (unpaired) electrons. The number of nitriles is 1. The number of para-hydroxylation sites is 2. The second kappa shape index (κ2) is 4.13. The average Bonchev–Trinajstić information content (AvgIpc) is 2.72. The number of H-pyrrole nitrogens is 1. The summed E-state index contributed by atoms with van der Waals surface area (Å²) < 4.78 is 0. The van der Waals surface area contributed by atoms with Gasteiger partial charge in [0.25, 0.3) is 0 Å². The predicted molar refractivity (Wildman–Crippen MR) is 58.5 cm³/mol. The molecule has 2 aromatic rings. The lowest BCUT2D eigenvalue weighted by Gasteiger charge is -2.01. The molecule has 5 nitrogen and oxygen atoms in total. The topological polar surface area (TPSA) is 95.6 Å². The fourth-order valence-corrected chi connectivity index (χ4v) is 1.51. The zero-order valence-electron chi connectivity index (χ0n) is 8.47. The molecule has 0 fully saturated rings. The van der Waals surface area contributed by atoms with E-state index in [4.69, 9.17) is 11.0 Å². The van der Waals surface area contributed by atoms with Crippen LogP contribution in [-0.4, -0.2) is 22.3 Å². The van der Waals surface area contributed by atoms with Crippen LogP contribution in [0.2, 0.25) is 0 Å². The number of nitrogens with zero attached hydrogens (tertiary/aromatic N) is 2. The number of hydrogen-bond acceptors (Lipinski definition) is 4. The van der Waals surface area contributed by atoms with E-state index in [9.17, 15) is 4.79 Å². The van der Waals surface area contributed by atoms with Crippen molar-refractivity contribution in [2.45, 2.75) is 5.92 Å². The van der Waals surface area contributed by atoms with Crippen LogP contribution in [0.1, 0.15) is 11.7 Å². The van der Waals surface area contributed by atoms with Gasteiger partial charge in [0, 0.05) is 0 Å². The van der Waals surface area contributed by atoms with Gasteiger partial charge in [-0.05, 0) is 12.1 Å². The summed E-state index contributed by atoms with van der Waals surface area (Å²) in [6.45, 7) is -0.157. The lowest BCUT2D eigenvalue weighted by atomic mass is 10.1. The van der Waals surface area contributed by atoms with Gasteiger partial charge >= 0.3 is 0 Å². The molecule has 80 valence electrons. The largest absolute Gasteiger partial charge is 0.340 e. The molecule has 1 unspecified atom stereocenters. The Morgan fingerprint density at radius 2 is 2.31 bits per heavy atom. The third-order valence-corrected chi connectivity index (χ3v) is 2.33. The maximum atomic E-state index is 11.4. The van der Waals surface area contributed by atoms with E-state index in [2.05, 4.69) is 9.97 Å². The average molecular weight is 214 g/mol. The first kappa shape index (κ1) is 10.3. The molecule has 1 atom stereocenters. The van der Waals surface area contributed by atoms with Crippen LogP contribution in [0.3, 0.4) is 0 Å². The van der Waals surface area contributed by atoms with Crippen LogP contribution in [0, 0.1) is 11.3 Å². The number of imidazole rings is 1. The molecule has 0 saturated carbocycles. The normalized spacial score (nSPS) is 12.2. The van der Waals surface area contributed by atoms with Gasteiger partial charge in [-0.2, -0.15) is 5.26 Å². The first-order chi connectivity index (χ1) is 7.76. The Hall–Kier alpha value is -2.19. The number of hydrogen-bond donors (Lipinski definition) is 2. The lowest BCUT2D eigenvalue weighted by Crippen LogP contribution is -2.21. The Kier molecular flexibility index (Phi) is 2.66. The molecule has 0 aliphatic rings. The molecular weight excluding hydrogens is 204 g/mol. The monoisotopic (exact) mass is 214 g/mol. The highest BCUT2D eigenvalue weighted by molar-refractivity contribution is 5.90. The Labute approximate surface area is 91.9 Å². The summed E-state index contributed by atoms with van der Waals surface area (Å²) in [7, 11) is 0. The van der Waals surface area contributed by atoms with Gasteiger partial charge in [0.15, 0.2) is 11.7 Å². The minimum Gasteiger partial charge on any atom is -0.340 e. The molecule has 0 spiro atoms. The van der Waals surface area contributed by atoms with Crippen LogP contribution in [0.25, 0.3) is 11.0 Å². The fourth-order valence-electron chi connectivity index (χ4n) is 1.51. The Bertz CT molecular complexity index is 534. The third-order valence-electron chi connectivity index (χ3n) is 2.33. The second-order valence-electron chi connectivity index (χ2n) is 3.37. The highest BCUT2D eigenvalue weighted by Gasteiger charge is 2.21. The number of ketones is 1. The van der Waals surface area contributed by atoms with E-state index in [0.717, 1.165) is 11.0 Å². The van der Waals surface area contributed by atoms with Crippen LogP contribution in [-0.2, 0) is 4.79 Å². The quantitative estimate of drug-likeness (QED) is 0.786. The number of nitrogens with two attached hydrogens (primary N) is 1. The van der Waals surface area contributed by atoms with E-state index in [1.807, 2.05) is 30.3 Å². The number of rotatable bonds is 3. The molecule has 5 heteroatoms. The van der Waals surface area contributed by atoms with E-state index in [-0.39, 0.29) is 12.3 Å². The van der Waals surface area contributed by atoms with E-state index in [1.54, 1.807) is 0 Å². The van der Waals surface area contributed by atoms with Gasteiger partial charge in [-0.15, -0.1) is 0 Å². The first-order valence-corrected chi connectivity index (χ1v) is 4.83. The van der Waals surface area contributed by atoms with Crippen LogP contribution in [0.4, 0.5) is 0 Å². The summed E-state index contributed by atoms with van der Waals surface area (Å²) in [6, 6.07) is 9.27. The number of Topliss-reactive ketones (excluding diaryl/α,β-unsaturated/α-hetero) is 1. The van der Waals surface area contributed by atoms with Crippen molar-refractivity contribution < 1.29 is 4.79 Å². The molecule has 2 rings (SSSR count). The van der Waals surface area contributed by atoms with Crippen molar-refractivity contribution in [3.05, 3.63) is 30.1 Å². The summed E-state index contributed by atoms with van der Waals surface area (Å²) in [6.07, 6.45) is 0. The number of benzene rings is 1. The van der Waals surface area contributed by atoms with Crippen LogP contribution >= 0.6 is 0 Å². The molecule has 0 bridgehead atoms. The number of aromatic amines is 1. The van der Waals surface area contributed by atoms with Crippen molar-refractivity contribution in [3.63, 3.8) is 0 Å². The van der Waals surface area contributed by atoms with E-state index in [0.29, 0.717) is 5.82 Å². The molecule has 1 aromatic heterocycles. The van der Waals surface area contributed by atoms with Gasteiger partial charge in [0.2, 0.25) is 0 Å².